The van der Waals surface area contributed by atoms with E-state index in [1.165, 1.54) is 0 Å². The van der Waals surface area contributed by atoms with Crippen LogP contribution in [-0.4, -0.2) is 25.7 Å². The lowest BCUT2D eigenvalue weighted by Gasteiger charge is -2.15. The Hall–Kier alpha value is -1.26. The van der Waals surface area contributed by atoms with Crippen LogP contribution in [0.15, 0.2) is 18.2 Å². The average Bonchev–Trinajstić information content (AvgIpc) is 2.92. The lowest BCUT2D eigenvalue weighted by atomic mass is 10.1. The molecule has 2 rings (SSSR count). The molecule has 1 aromatic carbocycles. The van der Waals surface area contributed by atoms with Gasteiger partial charge in [0, 0.05) is 6.61 Å². The van der Waals surface area contributed by atoms with E-state index >= 15 is 0 Å². The molecule has 1 atom stereocenters. The van der Waals surface area contributed by atoms with Gasteiger partial charge in [-0.3, -0.25) is 4.79 Å². The number of halogens is 1. The normalized spacial score (nSPS) is 18.3. The van der Waals surface area contributed by atoms with Crippen LogP contribution in [-0.2, 0) is 9.53 Å². The number of nitrogens with one attached hydrogen (secondary N) is 1. The number of carbonyl (C=O) groups is 1. The summed E-state index contributed by atoms with van der Waals surface area (Å²) in [7, 11) is 0. The Morgan fingerprint density at radius 3 is 3.11 bits per heavy atom. The Labute approximate surface area is 118 Å². The minimum atomic E-state index is -0.0852. The van der Waals surface area contributed by atoms with Crippen LogP contribution in [0.5, 0.6) is 5.75 Å². The summed E-state index contributed by atoms with van der Waals surface area (Å²) in [6.45, 7) is 3.72. The lowest BCUT2D eigenvalue weighted by molar-refractivity contribution is -0.119. The highest BCUT2D eigenvalue weighted by molar-refractivity contribution is 6.32. The van der Waals surface area contributed by atoms with Gasteiger partial charge >= 0.3 is 0 Å². The van der Waals surface area contributed by atoms with Gasteiger partial charge in [-0.1, -0.05) is 24.6 Å². The number of rotatable bonds is 5. The zero-order chi connectivity index (χ0) is 13.7. The van der Waals surface area contributed by atoms with Crippen molar-refractivity contribution in [3.05, 3.63) is 23.2 Å². The fourth-order valence-corrected chi connectivity index (χ4v) is 2.16. The van der Waals surface area contributed by atoms with E-state index in [9.17, 15) is 4.79 Å². The van der Waals surface area contributed by atoms with Gasteiger partial charge in [0.05, 0.1) is 29.8 Å². The van der Waals surface area contributed by atoms with Gasteiger partial charge in [0.2, 0.25) is 5.91 Å². The largest absolute Gasteiger partial charge is 0.490 e. The summed E-state index contributed by atoms with van der Waals surface area (Å²) < 4.78 is 10.8. The highest BCUT2D eigenvalue weighted by atomic mass is 35.5. The molecule has 1 unspecified atom stereocenters. The molecule has 1 aliphatic heterocycles. The summed E-state index contributed by atoms with van der Waals surface area (Å²) in [5.41, 5.74) is 0.623. The highest BCUT2D eigenvalue weighted by Crippen LogP contribution is 2.33. The van der Waals surface area contributed by atoms with Gasteiger partial charge in [0.15, 0.2) is 5.75 Å². The molecule has 0 aliphatic carbocycles. The van der Waals surface area contributed by atoms with Crippen molar-refractivity contribution in [2.45, 2.75) is 19.8 Å². The van der Waals surface area contributed by atoms with E-state index < -0.39 is 0 Å². The SMILES string of the molecule is CCCOc1c(Cl)cccc1NC(=O)C1CCOC1. The first-order chi connectivity index (χ1) is 9.22. The molecule has 0 radical (unpaired) electrons. The van der Waals surface area contributed by atoms with Gasteiger partial charge in [-0.2, -0.15) is 0 Å². The van der Waals surface area contributed by atoms with Crippen LogP contribution in [0.25, 0.3) is 0 Å². The zero-order valence-corrected chi connectivity index (χ0v) is 11.7. The molecule has 19 heavy (non-hydrogen) atoms. The Bertz CT molecular complexity index is 444. The van der Waals surface area contributed by atoms with Gasteiger partial charge in [-0.25, -0.2) is 0 Å². The molecule has 1 aliphatic rings. The quantitative estimate of drug-likeness (QED) is 0.903. The third kappa shape index (κ3) is 3.61. The Kier molecular flexibility index (Phi) is 5.05. The molecule has 1 N–H and O–H groups in total. The predicted octanol–water partition coefficient (Wildman–Crippen LogP) is 3.10. The van der Waals surface area contributed by atoms with Gasteiger partial charge in [0.1, 0.15) is 0 Å². The topological polar surface area (TPSA) is 47.6 Å². The summed E-state index contributed by atoms with van der Waals surface area (Å²) in [6.07, 6.45) is 1.65. The van der Waals surface area contributed by atoms with Crippen molar-refractivity contribution in [1.82, 2.24) is 0 Å². The maximum atomic E-state index is 12.1. The minimum Gasteiger partial charge on any atom is -0.490 e. The van der Waals surface area contributed by atoms with E-state index in [0.29, 0.717) is 36.3 Å². The molecule has 104 valence electrons. The van der Waals surface area contributed by atoms with Crippen molar-refractivity contribution in [1.29, 1.82) is 0 Å². The molecule has 1 amide bonds. The summed E-state index contributed by atoms with van der Waals surface area (Å²) >= 11 is 6.11. The van der Waals surface area contributed by atoms with Crippen molar-refractivity contribution in [3.8, 4) is 5.75 Å². The van der Waals surface area contributed by atoms with Gasteiger partial charge < -0.3 is 14.8 Å². The molecule has 1 saturated heterocycles. The number of hydrogen-bond donors (Lipinski definition) is 1. The van der Waals surface area contributed by atoms with Crippen LogP contribution in [0.1, 0.15) is 19.8 Å². The second-order valence-corrected chi connectivity index (χ2v) is 4.92. The van der Waals surface area contributed by atoms with Crippen LogP contribution in [0.3, 0.4) is 0 Å². The molecule has 1 fully saturated rings. The molecule has 1 aromatic rings. The highest BCUT2D eigenvalue weighted by Gasteiger charge is 2.24. The van der Waals surface area contributed by atoms with Crippen molar-refractivity contribution in [3.63, 3.8) is 0 Å². The number of carbonyl (C=O) groups excluding carboxylic acids is 1. The van der Waals surface area contributed by atoms with Crippen LogP contribution in [0.2, 0.25) is 5.02 Å². The number of benzene rings is 1. The monoisotopic (exact) mass is 283 g/mol. The van der Waals surface area contributed by atoms with Crippen molar-refractivity contribution >= 4 is 23.2 Å². The van der Waals surface area contributed by atoms with E-state index in [2.05, 4.69) is 5.32 Å². The second-order valence-electron chi connectivity index (χ2n) is 4.51. The van der Waals surface area contributed by atoms with Crippen LogP contribution < -0.4 is 10.1 Å². The van der Waals surface area contributed by atoms with Crippen LogP contribution in [0.4, 0.5) is 5.69 Å². The molecule has 0 spiro atoms. The third-order valence-electron chi connectivity index (χ3n) is 2.98. The van der Waals surface area contributed by atoms with Gasteiger partial charge in [0.25, 0.3) is 0 Å². The Balaban J connectivity index is 2.09. The first-order valence-electron chi connectivity index (χ1n) is 6.52. The van der Waals surface area contributed by atoms with E-state index in [-0.39, 0.29) is 11.8 Å². The molecule has 0 bridgehead atoms. The lowest BCUT2D eigenvalue weighted by Crippen LogP contribution is -2.23. The molecule has 4 nitrogen and oxygen atoms in total. The molecule has 5 heteroatoms. The zero-order valence-electron chi connectivity index (χ0n) is 10.9. The molecule has 0 saturated carbocycles. The maximum absolute atomic E-state index is 12.1. The predicted molar refractivity (Wildman–Crippen MR) is 74.8 cm³/mol. The van der Waals surface area contributed by atoms with E-state index in [0.717, 1.165) is 12.8 Å². The standard InChI is InChI=1S/C14H18ClNO3/c1-2-7-19-13-11(15)4-3-5-12(13)16-14(17)10-6-8-18-9-10/h3-5,10H,2,6-9H2,1H3,(H,16,17). The first kappa shape index (κ1) is 14.2. The molecule has 0 aromatic heterocycles. The number of hydrogen-bond acceptors (Lipinski definition) is 3. The molecular weight excluding hydrogens is 266 g/mol. The Morgan fingerprint density at radius 2 is 2.42 bits per heavy atom. The Morgan fingerprint density at radius 1 is 1.58 bits per heavy atom. The van der Waals surface area contributed by atoms with E-state index in [1.54, 1.807) is 18.2 Å². The minimum absolute atomic E-state index is 0.0406. The number of anilines is 1. The summed E-state index contributed by atoms with van der Waals surface area (Å²) in [5, 5.41) is 3.38. The summed E-state index contributed by atoms with van der Waals surface area (Å²) in [5.74, 6) is 0.414. The van der Waals surface area contributed by atoms with E-state index in [1.807, 2.05) is 6.92 Å². The first-order valence-corrected chi connectivity index (χ1v) is 6.90. The number of amides is 1. The smallest absolute Gasteiger partial charge is 0.230 e. The second kappa shape index (κ2) is 6.78. The van der Waals surface area contributed by atoms with Gasteiger partial charge in [-0.05, 0) is 25.0 Å². The van der Waals surface area contributed by atoms with Crippen molar-refractivity contribution < 1.29 is 14.3 Å². The fraction of sp³-hybridized carbons (Fsp3) is 0.500. The summed E-state index contributed by atoms with van der Waals surface area (Å²) in [4.78, 5) is 12.1. The molecule has 1 heterocycles. The van der Waals surface area contributed by atoms with Crippen LogP contribution in [0, 0.1) is 5.92 Å². The number of ether oxygens (including phenoxy) is 2. The van der Waals surface area contributed by atoms with Gasteiger partial charge in [-0.15, -0.1) is 0 Å². The fourth-order valence-electron chi connectivity index (χ4n) is 1.93. The summed E-state index contributed by atoms with van der Waals surface area (Å²) in [6, 6.07) is 5.34. The van der Waals surface area contributed by atoms with Crippen molar-refractivity contribution in [2.24, 2.45) is 5.92 Å². The molecular formula is C14H18ClNO3. The van der Waals surface area contributed by atoms with Crippen LogP contribution >= 0.6 is 11.6 Å². The van der Waals surface area contributed by atoms with E-state index in [4.69, 9.17) is 21.1 Å². The number of para-hydroxylation sites is 1. The van der Waals surface area contributed by atoms with Crippen molar-refractivity contribution in [2.75, 3.05) is 25.1 Å². The third-order valence-corrected chi connectivity index (χ3v) is 3.27. The maximum Gasteiger partial charge on any atom is 0.230 e. The average molecular weight is 284 g/mol.